The zero-order valence-electron chi connectivity index (χ0n) is 5.60. The molecule has 10 heavy (non-hydrogen) atoms. The fourth-order valence-electron chi connectivity index (χ4n) is 0.747. The van der Waals surface area contributed by atoms with E-state index in [-0.39, 0.29) is 5.68 Å². The lowest BCUT2D eigenvalue weighted by atomic mass is 9.95. The highest BCUT2D eigenvalue weighted by Crippen LogP contribution is 2.10. The lowest BCUT2D eigenvalue weighted by Crippen LogP contribution is -1.99. The van der Waals surface area contributed by atoms with Crippen molar-refractivity contribution in [2.45, 2.75) is 0 Å². The number of carbonyl (C=O) groups excluding carboxylic acids is 1. The van der Waals surface area contributed by atoms with Crippen molar-refractivity contribution in [3.8, 4) is 0 Å². The first-order valence-electron chi connectivity index (χ1n) is 2.97. The van der Waals surface area contributed by atoms with Crippen LogP contribution in [-0.4, -0.2) is 13.5 Å². The smallest absolute Gasteiger partial charge is 0.193 e. The maximum absolute atomic E-state index is 10.9. The molecule has 0 saturated carbocycles. The quantitative estimate of drug-likeness (QED) is 0.533. The monoisotopic (exact) mass is 244 g/mol. The Bertz CT molecular complexity index is 260. The van der Waals surface area contributed by atoms with Crippen LogP contribution >= 0.6 is 22.6 Å². The molecule has 0 aliphatic carbocycles. The van der Waals surface area contributed by atoms with Gasteiger partial charge in [-0.2, -0.15) is 0 Å². The lowest BCUT2D eigenvalue weighted by molar-refractivity contribution is 0.108. The summed E-state index contributed by atoms with van der Waals surface area (Å²) in [7, 11) is 1.58. The van der Waals surface area contributed by atoms with Gasteiger partial charge in [0.25, 0.3) is 0 Å². The van der Waals surface area contributed by atoms with Gasteiger partial charge in [-0.25, -0.2) is 0 Å². The molecule has 0 radical (unpaired) electrons. The van der Waals surface area contributed by atoms with Gasteiger partial charge in [-0.3, -0.25) is 0 Å². The Morgan fingerprint density at radius 1 is 1.40 bits per heavy atom. The zero-order chi connectivity index (χ0) is 7.56. The van der Waals surface area contributed by atoms with Crippen molar-refractivity contribution in [3.63, 3.8) is 0 Å². The maximum Gasteiger partial charge on any atom is 0.193 e. The number of halogens is 1. The van der Waals surface area contributed by atoms with Crippen LogP contribution in [0.2, 0.25) is 0 Å². The van der Waals surface area contributed by atoms with Crippen molar-refractivity contribution in [3.05, 3.63) is 33.4 Å². The molecule has 1 nitrogen and oxygen atoms in total. The van der Waals surface area contributed by atoms with Crippen molar-refractivity contribution >= 4 is 36.1 Å². The van der Waals surface area contributed by atoms with Gasteiger partial charge in [-0.1, -0.05) is 18.2 Å². The van der Waals surface area contributed by atoms with Gasteiger partial charge in [-0.15, -0.1) is 0 Å². The normalized spacial score (nSPS) is 9.30. The molecule has 0 aliphatic heterocycles. The van der Waals surface area contributed by atoms with E-state index in [4.69, 9.17) is 0 Å². The molecule has 0 fully saturated rings. The summed E-state index contributed by atoms with van der Waals surface area (Å²) in [4.78, 5) is 10.9. The van der Waals surface area contributed by atoms with Gasteiger partial charge in [0.2, 0.25) is 0 Å². The van der Waals surface area contributed by atoms with Crippen LogP contribution in [0, 0.1) is 3.57 Å². The van der Waals surface area contributed by atoms with Crippen LogP contribution in [0.15, 0.2) is 24.3 Å². The van der Waals surface area contributed by atoms with Crippen LogP contribution in [0.1, 0.15) is 10.4 Å². The van der Waals surface area contributed by atoms with Crippen molar-refractivity contribution in [2.24, 2.45) is 0 Å². The first-order chi connectivity index (χ1) is 4.72. The van der Waals surface area contributed by atoms with Crippen molar-refractivity contribution < 1.29 is 4.79 Å². The Morgan fingerprint density at radius 3 is 2.40 bits per heavy atom. The highest BCUT2D eigenvalue weighted by molar-refractivity contribution is 14.1. The van der Waals surface area contributed by atoms with Gasteiger partial charge in [0, 0.05) is 9.13 Å². The lowest BCUT2D eigenvalue weighted by Gasteiger charge is -1.96. The van der Waals surface area contributed by atoms with E-state index in [1.54, 1.807) is 7.85 Å². The van der Waals surface area contributed by atoms with Gasteiger partial charge < -0.3 is 4.79 Å². The Hall–Kier alpha value is -0.315. The van der Waals surface area contributed by atoms with Crippen molar-refractivity contribution in [1.82, 2.24) is 0 Å². The third-order valence-corrected chi connectivity index (χ3v) is 2.19. The largest absolute Gasteiger partial charge is 0.307 e. The number of rotatable bonds is 1. The molecule has 3 heteroatoms. The summed E-state index contributed by atoms with van der Waals surface area (Å²) < 4.78 is 1.02. The van der Waals surface area contributed by atoms with E-state index >= 15 is 0 Å². The molecular formula is C7H6BIO. The van der Waals surface area contributed by atoms with Gasteiger partial charge in [0.1, 0.15) is 5.68 Å². The summed E-state index contributed by atoms with van der Waals surface area (Å²) in [6.07, 6.45) is 0. The topological polar surface area (TPSA) is 17.1 Å². The first-order valence-corrected chi connectivity index (χ1v) is 4.05. The Morgan fingerprint density at radius 2 is 2.00 bits per heavy atom. The minimum Gasteiger partial charge on any atom is -0.307 e. The van der Waals surface area contributed by atoms with Crippen LogP contribution in [0.25, 0.3) is 0 Å². The SMILES string of the molecule is BC(=O)c1ccccc1I. The minimum absolute atomic E-state index is 0.130. The Balaban J connectivity index is 3.15. The molecule has 0 heterocycles. The molecule has 1 rings (SSSR count). The molecule has 1 aromatic rings. The third kappa shape index (κ3) is 1.59. The van der Waals surface area contributed by atoms with E-state index in [1.165, 1.54) is 0 Å². The molecular weight excluding hydrogens is 238 g/mol. The number of hydrogen-bond donors (Lipinski definition) is 0. The summed E-state index contributed by atoms with van der Waals surface area (Å²) in [6, 6.07) is 7.56. The van der Waals surface area contributed by atoms with Gasteiger partial charge in [0.15, 0.2) is 7.85 Å². The molecule has 0 N–H and O–H groups in total. The summed E-state index contributed by atoms with van der Waals surface area (Å²) in [5, 5.41) is 0. The predicted octanol–water partition coefficient (Wildman–Crippen LogP) is 1.06. The van der Waals surface area contributed by atoms with Crippen LogP contribution < -0.4 is 0 Å². The summed E-state index contributed by atoms with van der Waals surface area (Å²) in [5.41, 5.74) is 0.938. The summed E-state index contributed by atoms with van der Waals surface area (Å²) in [6.45, 7) is 0. The number of hydrogen-bond acceptors (Lipinski definition) is 1. The first kappa shape index (κ1) is 7.79. The van der Waals surface area contributed by atoms with Crippen LogP contribution in [-0.2, 0) is 0 Å². The van der Waals surface area contributed by atoms with E-state index < -0.39 is 0 Å². The van der Waals surface area contributed by atoms with E-state index in [0.29, 0.717) is 0 Å². The Kier molecular flexibility index (Phi) is 2.48. The molecule has 0 aromatic heterocycles. The summed E-state index contributed by atoms with van der Waals surface area (Å²) >= 11 is 2.15. The molecule has 0 saturated heterocycles. The maximum atomic E-state index is 10.9. The van der Waals surface area contributed by atoms with Crippen LogP contribution in [0.5, 0.6) is 0 Å². The molecule has 1 aromatic carbocycles. The third-order valence-electron chi connectivity index (χ3n) is 1.25. The van der Waals surface area contributed by atoms with Crippen LogP contribution in [0.3, 0.4) is 0 Å². The second-order valence-electron chi connectivity index (χ2n) is 2.04. The average molecular weight is 244 g/mol. The average Bonchev–Trinajstić information content (AvgIpc) is 1.88. The second kappa shape index (κ2) is 3.19. The number of carbonyl (C=O) groups is 1. The predicted molar refractivity (Wildman–Crippen MR) is 52.0 cm³/mol. The van der Waals surface area contributed by atoms with Crippen molar-refractivity contribution in [2.75, 3.05) is 0 Å². The second-order valence-corrected chi connectivity index (χ2v) is 3.20. The Labute approximate surface area is 74.4 Å². The van der Waals surface area contributed by atoms with Gasteiger partial charge >= 0.3 is 0 Å². The zero-order valence-corrected chi connectivity index (χ0v) is 7.75. The standard InChI is InChI=1S/C7H6BIO/c8-7(10)5-3-1-2-4-6(5)9/h1-4H,8H2. The number of benzene rings is 1. The van der Waals surface area contributed by atoms with E-state index in [0.717, 1.165) is 9.13 Å². The molecule has 0 bridgehead atoms. The molecule has 0 atom stereocenters. The van der Waals surface area contributed by atoms with E-state index in [9.17, 15) is 4.79 Å². The highest BCUT2D eigenvalue weighted by Gasteiger charge is 2.00. The molecule has 0 spiro atoms. The minimum atomic E-state index is 0.130. The van der Waals surface area contributed by atoms with Crippen LogP contribution in [0.4, 0.5) is 0 Å². The molecule has 0 amide bonds. The summed E-state index contributed by atoms with van der Waals surface area (Å²) in [5.74, 6) is 0. The fraction of sp³-hybridized carbons (Fsp3) is 0. The fourth-order valence-corrected chi connectivity index (χ4v) is 1.51. The molecule has 0 aliphatic rings. The highest BCUT2D eigenvalue weighted by atomic mass is 127. The van der Waals surface area contributed by atoms with Gasteiger partial charge in [0.05, 0.1) is 0 Å². The van der Waals surface area contributed by atoms with E-state index in [2.05, 4.69) is 22.6 Å². The van der Waals surface area contributed by atoms with Crippen molar-refractivity contribution in [1.29, 1.82) is 0 Å². The van der Waals surface area contributed by atoms with E-state index in [1.807, 2.05) is 24.3 Å². The van der Waals surface area contributed by atoms with Gasteiger partial charge in [-0.05, 0) is 28.7 Å². The molecule has 0 unspecified atom stereocenters. The molecule has 50 valence electrons.